The maximum absolute atomic E-state index is 13.2. The third kappa shape index (κ3) is 7.42. The second kappa shape index (κ2) is 15.1. The normalized spacial score (nSPS) is 15.1. The van der Waals surface area contributed by atoms with E-state index >= 15 is 0 Å². The van der Waals surface area contributed by atoms with Crippen LogP contribution < -0.4 is 5.84 Å². The average Bonchev–Trinajstić information content (AvgIpc) is 3.26. The van der Waals surface area contributed by atoms with Gasteiger partial charge in [-0.1, -0.05) is 40.3 Å². The number of imidazole rings is 1. The summed E-state index contributed by atoms with van der Waals surface area (Å²) in [6.07, 6.45) is 7.83. The van der Waals surface area contributed by atoms with Gasteiger partial charge in [0.25, 0.3) is 5.91 Å². The highest BCUT2D eigenvalue weighted by Gasteiger charge is 2.26. The molecule has 0 saturated carbocycles. The molecule has 0 unspecified atom stereocenters. The van der Waals surface area contributed by atoms with Crippen molar-refractivity contribution in [2.75, 3.05) is 20.2 Å². The van der Waals surface area contributed by atoms with Gasteiger partial charge in [-0.2, -0.15) is 0 Å². The van der Waals surface area contributed by atoms with Gasteiger partial charge in [-0.3, -0.25) is 9.80 Å². The molecule has 1 aromatic carbocycles. The molecule has 1 aromatic heterocycles. The van der Waals surface area contributed by atoms with Gasteiger partial charge >= 0.3 is 0 Å². The number of allylic oxidation sites excluding steroid dienone is 3. The smallest absolute Gasteiger partial charge is 0.253 e. The Labute approximate surface area is 217 Å². The Bertz CT molecular complexity index is 1060. The van der Waals surface area contributed by atoms with Crippen LogP contribution in [-0.4, -0.2) is 51.1 Å². The Morgan fingerprint density at radius 3 is 2.25 bits per heavy atom. The van der Waals surface area contributed by atoms with Crippen LogP contribution in [0, 0.1) is 26.7 Å². The number of aromatic amines is 1. The number of likely N-dealkylation sites (tertiary alicyclic amines) is 1. The molecule has 7 heteroatoms. The number of nitrogens with one attached hydrogen (secondary N) is 1. The number of nitrogens with zero attached hydrogens (tertiary/aromatic N) is 3. The van der Waals surface area contributed by atoms with E-state index in [1.807, 2.05) is 76.9 Å². The van der Waals surface area contributed by atoms with Gasteiger partial charge in [-0.25, -0.2) is 10.8 Å². The quantitative estimate of drug-likeness (QED) is 0.477. The van der Waals surface area contributed by atoms with Gasteiger partial charge in [0, 0.05) is 48.9 Å². The Balaban J connectivity index is 0.00000101. The SMILES string of the molecule is C=C1C=C(C2CCN(C(=O)c3ccc(C)c(-c4nc(C)[nH]c4C)c3)CC2)C=CN1N.CC.CC.CO. The summed E-state index contributed by atoms with van der Waals surface area (Å²) in [5, 5.41) is 8.53. The molecule has 2 aliphatic heterocycles. The van der Waals surface area contributed by atoms with Crippen molar-refractivity contribution in [1.82, 2.24) is 19.9 Å². The Morgan fingerprint density at radius 2 is 1.72 bits per heavy atom. The predicted octanol–water partition coefficient (Wildman–Crippen LogP) is 5.66. The number of aliphatic hydroxyl groups excluding tert-OH is 1. The average molecular weight is 496 g/mol. The van der Waals surface area contributed by atoms with Crippen molar-refractivity contribution >= 4 is 5.91 Å². The summed E-state index contributed by atoms with van der Waals surface area (Å²) in [6.45, 7) is 19.5. The van der Waals surface area contributed by atoms with Crippen LogP contribution in [0.2, 0.25) is 0 Å². The fourth-order valence-electron chi connectivity index (χ4n) is 4.31. The molecule has 3 heterocycles. The van der Waals surface area contributed by atoms with Crippen LogP contribution in [0.4, 0.5) is 0 Å². The topological polar surface area (TPSA) is 98.5 Å². The van der Waals surface area contributed by atoms with Crippen LogP contribution in [0.25, 0.3) is 11.3 Å². The van der Waals surface area contributed by atoms with Crippen molar-refractivity contribution in [1.29, 1.82) is 0 Å². The number of rotatable bonds is 3. The molecule has 0 radical (unpaired) electrons. The molecule has 7 nitrogen and oxygen atoms in total. The molecule has 0 spiro atoms. The van der Waals surface area contributed by atoms with Gasteiger partial charge < -0.3 is 15.0 Å². The zero-order valence-corrected chi connectivity index (χ0v) is 23.4. The largest absolute Gasteiger partial charge is 0.400 e. The molecule has 0 aliphatic carbocycles. The van der Waals surface area contributed by atoms with E-state index < -0.39 is 0 Å². The number of piperidine rings is 1. The molecular weight excluding hydrogens is 450 g/mol. The van der Waals surface area contributed by atoms with Gasteiger partial charge in [-0.05, 0) is 75.0 Å². The van der Waals surface area contributed by atoms with Gasteiger partial charge in [-0.15, -0.1) is 0 Å². The number of hydrazine groups is 1. The van der Waals surface area contributed by atoms with Crippen molar-refractivity contribution in [3.05, 3.63) is 77.0 Å². The maximum Gasteiger partial charge on any atom is 0.253 e. The summed E-state index contributed by atoms with van der Waals surface area (Å²) < 4.78 is 0. The van der Waals surface area contributed by atoms with Gasteiger partial charge in [0.05, 0.1) is 5.69 Å². The molecule has 1 saturated heterocycles. The Kier molecular flexibility index (Phi) is 12.9. The number of H-pyrrole nitrogens is 1. The van der Waals surface area contributed by atoms with Gasteiger partial charge in [0.1, 0.15) is 5.82 Å². The lowest BCUT2D eigenvalue weighted by Gasteiger charge is -2.34. The van der Waals surface area contributed by atoms with Gasteiger partial charge in [0.2, 0.25) is 0 Å². The molecule has 198 valence electrons. The molecule has 0 bridgehead atoms. The first-order chi connectivity index (χ1) is 17.3. The minimum atomic E-state index is 0.0883. The second-order valence-electron chi connectivity index (χ2n) is 8.25. The first kappa shape index (κ1) is 30.9. The van der Waals surface area contributed by atoms with Gasteiger partial charge in [0.15, 0.2) is 0 Å². The summed E-state index contributed by atoms with van der Waals surface area (Å²) in [5.41, 5.74) is 6.83. The number of amides is 1. The molecule has 4 N–H and O–H groups in total. The molecule has 36 heavy (non-hydrogen) atoms. The zero-order chi connectivity index (χ0) is 27.4. The van der Waals surface area contributed by atoms with E-state index in [4.69, 9.17) is 10.9 Å². The van der Waals surface area contributed by atoms with Crippen LogP contribution in [-0.2, 0) is 0 Å². The highest BCUT2D eigenvalue weighted by molar-refractivity contribution is 5.95. The second-order valence-corrected chi connectivity index (χ2v) is 8.25. The molecule has 4 rings (SSSR count). The molecule has 1 fully saturated rings. The maximum atomic E-state index is 13.2. The standard InChI is InChI=1S/C24H29N5O.2C2H6.CH4O/c1-15-5-6-21(14-22(15)23-17(3)26-18(4)27-23)24(30)28-10-7-19(8-11-28)20-9-12-29(25)16(2)13-20;3*1-2/h5-6,9,12-14,19H,2,7-8,10-11,25H2,1,3-4H3,(H,26,27);2*1-2H3;2H,1H3. The summed E-state index contributed by atoms with van der Waals surface area (Å²) in [7, 11) is 1.00. The fraction of sp³-hybridized carbons (Fsp3) is 0.448. The van der Waals surface area contributed by atoms with Crippen LogP contribution >= 0.6 is 0 Å². The van der Waals surface area contributed by atoms with Crippen molar-refractivity contribution < 1.29 is 9.90 Å². The van der Waals surface area contributed by atoms with Crippen LogP contribution in [0.3, 0.4) is 0 Å². The first-order valence-corrected chi connectivity index (χ1v) is 12.8. The number of aromatic nitrogens is 2. The molecule has 0 atom stereocenters. The van der Waals surface area contributed by atoms with E-state index in [2.05, 4.69) is 29.5 Å². The Hall–Kier alpha value is -3.16. The number of carbonyl (C=O) groups excluding carboxylic acids is 1. The number of aryl methyl sites for hydroxylation is 3. The summed E-state index contributed by atoms with van der Waals surface area (Å²) in [5.74, 6) is 7.21. The summed E-state index contributed by atoms with van der Waals surface area (Å²) >= 11 is 0. The first-order valence-electron chi connectivity index (χ1n) is 12.8. The lowest BCUT2D eigenvalue weighted by molar-refractivity contribution is 0.0703. The van der Waals surface area contributed by atoms with Crippen LogP contribution in [0.5, 0.6) is 0 Å². The zero-order valence-electron chi connectivity index (χ0n) is 23.4. The molecule has 2 aromatic rings. The molecule has 1 amide bonds. The minimum Gasteiger partial charge on any atom is -0.400 e. The number of carbonyl (C=O) groups is 1. The number of aliphatic hydroxyl groups is 1. The highest BCUT2D eigenvalue weighted by atomic mass is 16.2. The van der Waals surface area contributed by atoms with E-state index in [0.717, 1.165) is 72.6 Å². The molecule has 2 aliphatic rings. The van der Waals surface area contributed by atoms with Crippen molar-refractivity contribution in [2.24, 2.45) is 11.8 Å². The minimum absolute atomic E-state index is 0.0883. The number of hydrogen-bond acceptors (Lipinski definition) is 5. The van der Waals surface area contributed by atoms with Crippen molar-refractivity contribution in [3.63, 3.8) is 0 Å². The third-order valence-electron chi connectivity index (χ3n) is 6.09. The van der Waals surface area contributed by atoms with E-state index in [1.165, 1.54) is 10.6 Å². The van der Waals surface area contributed by atoms with Crippen molar-refractivity contribution in [2.45, 2.75) is 61.3 Å². The van der Waals surface area contributed by atoms with Crippen LogP contribution in [0.15, 0.2) is 54.4 Å². The van der Waals surface area contributed by atoms with E-state index in [9.17, 15) is 4.79 Å². The van der Waals surface area contributed by atoms with E-state index in [-0.39, 0.29) is 5.91 Å². The highest BCUT2D eigenvalue weighted by Crippen LogP contribution is 2.30. The fourth-order valence-corrected chi connectivity index (χ4v) is 4.31. The summed E-state index contributed by atoms with van der Waals surface area (Å²) in [4.78, 5) is 23.0. The number of hydrogen-bond donors (Lipinski definition) is 3. The third-order valence-corrected chi connectivity index (χ3v) is 6.09. The van der Waals surface area contributed by atoms with Crippen molar-refractivity contribution in [3.8, 4) is 11.3 Å². The summed E-state index contributed by atoms with van der Waals surface area (Å²) in [6, 6.07) is 5.92. The molecular formula is C29H45N5O2. The number of nitrogens with two attached hydrogens (primary N) is 1. The van der Waals surface area contributed by atoms with E-state index in [0.29, 0.717) is 5.92 Å². The number of benzene rings is 1. The lowest BCUT2D eigenvalue weighted by Crippen LogP contribution is -2.39. The monoisotopic (exact) mass is 495 g/mol. The van der Waals surface area contributed by atoms with E-state index in [1.54, 1.807) is 0 Å². The predicted molar refractivity (Wildman–Crippen MR) is 150 cm³/mol. The van der Waals surface area contributed by atoms with Crippen LogP contribution in [0.1, 0.15) is 68.0 Å². The lowest BCUT2D eigenvalue weighted by atomic mass is 9.87. The Morgan fingerprint density at radius 1 is 1.11 bits per heavy atom.